The molecule has 2 atom stereocenters. The molecule has 0 aliphatic carbocycles. The van der Waals surface area contributed by atoms with E-state index in [1.54, 1.807) is 37.5 Å². The number of nitrogens with one attached hydrogen (secondary N) is 2. The summed E-state index contributed by atoms with van der Waals surface area (Å²) in [5.74, 6) is -0.506. The van der Waals surface area contributed by atoms with Crippen molar-refractivity contribution in [2.24, 2.45) is 0 Å². The Hall–Kier alpha value is -2.73. The van der Waals surface area contributed by atoms with Gasteiger partial charge in [0.15, 0.2) is 0 Å². The first kappa shape index (κ1) is 17.1. The van der Waals surface area contributed by atoms with Crippen molar-refractivity contribution in [2.45, 2.75) is 25.5 Å². The van der Waals surface area contributed by atoms with Crippen LogP contribution < -0.4 is 5.32 Å². The molecule has 3 rings (SSSR count). The van der Waals surface area contributed by atoms with Gasteiger partial charge in [0.2, 0.25) is 5.91 Å². The number of hydrogen-bond donors (Lipinski definition) is 2. The van der Waals surface area contributed by atoms with E-state index >= 15 is 0 Å². The van der Waals surface area contributed by atoms with Crippen molar-refractivity contribution < 1.29 is 13.9 Å². The average Bonchev–Trinajstić information content (AvgIpc) is 3.00. The Labute approximate surface area is 145 Å². The molecular formula is C19H20FN3O2. The minimum atomic E-state index is -0.560. The molecule has 25 heavy (non-hydrogen) atoms. The monoisotopic (exact) mass is 341 g/mol. The van der Waals surface area contributed by atoms with E-state index in [0.717, 1.165) is 16.6 Å². The Kier molecular flexibility index (Phi) is 5.09. The molecule has 6 heteroatoms. The number of aromatic amines is 1. The molecule has 0 fully saturated rings. The fraction of sp³-hybridized carbons (Fsp3) is 0.263. The van der Waals surface area contributed by atoms with Crippen LogP contribution in [0.3, 0.4) is 0 Å². The van der Waals surface area contributed by atoms with Gasteiger partial charge < -0.3 is 15.0 Å². The Bertz CT molecular complexity index is 878. The number of ether oxygens (including phenoxy) is 1. The van der Waals surface area contributed by atoms with E-state index in [1.807, 2.05) is 12.1 Å². The Morgan fingerprint density at radius 1 is 1.32 bits per heavy atom. The summed E-state index contributed by atoms with van der Waals surface area (Å²) in [7, 11) is 1.51. The lowest BCUT2D eigenvalue weighted by Crippen LogP contribution is -2.38. The Morgan fingerprint density at radius 3 is 2.88 bits per heavy atom. The van der Waals surface area contributed by atoms with Crippen molar-refractivity contribution in [3.63, 3.8) is 0 Å². The highest BCUT2D eigenvalue weighted by atomic mass is 19.1. The van der Waals surface area contributed by atoms with Gasteiger partial charge in [0, 0.05) is 30.5 Å². The van der Waals surface area contributed by atoms with E-state index in [1.165, 1.54) is 13.2 Å². The number of carbonyl (C=O) groups is 1. The van der Waals surface area contributed by atoms with Gasteiger partial charge in [0.1, 0.15) is 17.6 Å². The minimum Gasteiger partial charge on any atom is -0.375 e. The number of H-pyrrole nitrogens is 1. The van der Waals surface area contributed by atoms with Gasteiger partial charge in [-0.05, 0) is 30.7 Å². The summed E-state index contributed by atoms with van der Waals surface area (Å²) in [6.45, 7) is 1.80. The molecule has 0 aliphatic heterocycles. The maximum atomic E-state index is 14.0. The summed E-state index contributed by atoms with van der Waals surface area (Å²) in [4.78, 5) is 19.7. The van der Waals surface area contributed by atoms with Gasteiger partial charge in [0.05, 0.1) is 12.5 Å². The Balaban J connectivity index is 1.70. The van der Waals surface area contributed by atoms with Gasteiger partial charge in [-0.25, -0.2) is 9.37 Å². The summed E-state index contributed by atoms with van der Waals surface area (Å²) in [5.41, 5.74) is 2.04. The van der Waals surface area contributed by atoms with Gasteiger partial charge in [-0.15, -0.1) is 0 Å². The molecule has 130 valence electrons. The number of carbonyl (C=O) groups excluding carboxylic acids is 1. The molecule has 0 aliphatic rings. The van der Waals surface area contributed by atoms with Crippen molar-refractivity contribution >= 4 is 16.9 Å². The zero-order valence-corrected chi connectivity index (χ0v) is 14.1. The lowest BCUT2D eigenvalue weighted by Gasteiger charge is -2.24. The van der Waals surface area contributed by atoms with Crippen LogP contribution in [0.5, 0.6) is 0 Å². The smallest absolute Gasteiger partial charge is 0.224 e. The van der Waals surface area contributed by atoms with Crippen molar-refractivity contribution in [3.05, 3.63) is 65.7 Å². The molecule has 0 saturated heterocycles. The Morgan fingerprint density at radius 2 is 2.12 bits per heavy atom. The predicted octanol–water partition coefficient (Wildman–Crippen LogP) is 3.14. The van der Waals surface area contributed by atoms with E-state index in [2.05, 4.69) is 15.3 Å². The molecule has 2 aromatic heterocycles. The predicted molar refractivity (Wildman–Crippen MR) is 93.6 cm³/mol. The molecule has 1 aromatic carbocycles. The van der Waals surface area contributed by atoms with Crippen LogP contribution in [0.2, 0.25) is 0 Å². The summed E-state index contributed by atoms with van der Waals surface area (Å²) in [6, 6.07) is 9.80. The molecule has 5 nitrogen and oxygen atoms in total. The van der Waals surface area contributed by atoms with Gasteiger partial charge in [-0.1, -0.05) is 18.2 Å². The van der Waals surface area contributed by atoms with Crippen LogP contribution >= 0.6 is 0 Å². The molecule has 1 amide bonds. The van der Waals surface area contributed by atoms with Crippen molar-refractivity contribution in [2.75, 3.05) is 7.11 Å². The first-order valence-electron chi connectivity index (χ1n) is 8.07. The number of benzene rings is 1. The molecule has 3 aromatic rings. The largest absolute Gasteiger partial charge is 0.375 e. The fourth-order valence-corrected chi connectivity index (χ4v) is 3.02. The van der Waals surface area contributed by atoms with E-state index in [0.29, 0.717) is 5.56 Å². The number of pyridine rings is 1. The van der Waals surface area contributed by atoms with Crippen LogP contribution in [-0.2, 0) is 16.0 Å². The normalized spacial score (nSPS) is 13.6. The summed E-state index contributed by atoms with van der Waals surface area (Å²) in [6.07, 6.45) is 3.13. The molecule has 0 spiro atoms. The first-order chi connectivity index (χ1) is 12.1. The highest BCUT2D eigenvalue weighted by Crippen LogP contribution is 2.23. The van der Waals surface area contributed by atoms with E-state index in [9.17, 15) is 9.18 Å². The van der Waals surface area contributed by atoms with Crippen molar-refractivity contribution in [1.82, 2.24) is 15.3 Å². The molecule has 2 N–H and O–H groups in total. The highest BCUT2D eigenvalue weighted by molar-refractivity contribution is 5.87. The summed E-state index contributed by atoms with van der Waals surface area (Å²) >= 11 is 0. The number of nitrogens with zero attached hydrogens (tertiary/aromatic N) is 1. The SMILES string of the molecule is CO[C@H](c1ccccc1F)[C@H](C)NC(=O)Cc1c[nH]c2ncccc12. The fourth-order valence-electron chi connectivity index (χ4n) is 3.02. The average molecular weight is 341 g/mol. The van der Waals surface area contributed by atoms with Crippen LogP contribution in [0.25, 0.3) is 11.0 Å². The maximum absolute atomic E-state index is 14.0. The van der Waals surface area contributed by atoms with Crippen LogP contribution in [0.4, 0.5) is 4.39 Å². The number of hydrogen-bond acceptors (Lipinski definition) is 3. The molecule has 0 unspecified atom stereocenters. The van der Waals surface area contributed by atoms with Gasteiger partial charge in [0.25, 0.3) is 0 Å². The number of aromatic nitrogens is 2. The molecule has 0 radical (unpaired) electrons. The highest BCUT2D eigenvalue weighted by Gasteiger charge is 2.23. The lowest BCUT2D eigenvalue weighted by molar-refractivity contribution is -0.122. The lowest BCUT2D eigenvalue weighted by atomic mass is 10.0. The molecule has 0 saturated carbocycles. The minimum absolute atomic E-state index is 0.157. The third kappa shape index (κ3) is 3.69. The van der Waals surface area contributed by atoms with Crippen molar-refractivity contribution in [3.8, 4) is 0 Å². The number of methoxy groups -OCH3 is 1. The quantitative estimate of drug-likeness (QED) is 0.724. The number of halogens is 1. The van der Waals surface area contributed by atoms with Crippen LogP contribution in [0, 0.1) is 5.82 Å². The number of fused-ring (bicyclic) bond motifs is 1. The second-order valence-corrected chi connectivity index (χ2v) is 5.92. The van der Waals surface area contributed by atoms with Gasteiger partial charge in [-0.3, -0.25) is 4.79 Å². The van der Waals surface area contributed by atoms with Gasteiger partial charge >= 0.3 is 0 Å². The molecule has 0 bridgehead atoms. The maximum Gasteiger partial charge on any atom is 0.224 e. The van der Waals surface area contributed by atoms with E-state index < -0.39 is 6.10 Å². The van der Waals surface area contributed by atoms with Crippen molar-refractivity contribution in [1.29, 1.82) is 0 Å². The van der Waals surface area contributed by atoms with Crippen LogP contribution in [0.1, 0.15) is 24.2 Å². The van der Waals surface area contributed by atoms with E-state index in [-0.39, 0.29) is 24.2 Å². The molecular weight excluding hydrogens is 321 g/mol. The summed E-state index contributed by atoms with van der Waals surface area (Å²) in [5, 5.41) is 3.81. The topological polar surface area (TPSA) is 67.0 Å². The third-order valence-electron chi connectivity index (χ3n) is 4.20. The number of amides is 1. The zero-order chi connectivity index (χ0) is 17.8. The first-order valence-corrected chi connectivity index (χ1v) is 8.07. The third-order valence-corrected chi connectivity index (χ3v) is 4.20. The zero-order valence-electron chi connectivity index (χ0n) is 14.1. The van der Waals surface area contributed by atoms with Crippen LogP contribution in [-0.4, -0.2) is 29.0 Å². The standard InChI is InChI=1S/C19H20FN3O2/c1-12(18(25-2)15-6-3-4-8-16(15)20)23-17(24)10-13-11-22-19-14(13)7-5-9-21-19/h3-9,11-12,18H,10H2,1-2H3,(H,21,22)(H,23,24)/t12-,18-/m0/s1. The molecule has 2 heterocycles. The second kappa shape index (κ2) is 7.44. The van der Waals surface area contributed by atoms with Crippen LogP contribution in [0.15, 0.2) is 48.8 Å². The van der Waals surface area contributed by atoms with E-state index in [4.69, 9.17) is 4.74 Å². The summed E-state index contributed by atoms with van der Waals surface area (Å²) < 4.78 is 19.4. The second-order valence-electron chi connectivity index (χ2n) is 5.92. The number of rotatable bonds is 6. The van der Waals surface area contributed by atoms with Gasteiger partial charge in [-0.2, -0.15) is 0 Å².